The van der Waals surface area contributed by atoms with Crippen molar-refractivity contribution in [3.8, 4) is 0 Å². The molecule has 1 amide bonds. The first-order valence-corrected chi connectivity index (χ1v) is 9.67. The molecule has 25 heavy (non-hydrogen) atoms. The number of benzene rings is 1. The Bertz CT molecular complexity index is 706. The summed E-state index contributed by atoms with van der Waals surface area (Å²) in [5, 5.41) is 2.48. The van der Waals surface area contributed by atoms with Crippen LogP contribution in [0.15, 0.2) is 29.2 Å². The summed E-state index contributed by atoms with van der Waals surface area (Å²) in [5.74, 6) is 0. The lowest BCUT2D eigenvalue weighted by molar-refractivity contribution is -0.156. The molecule has 3 rings (SSSR count). The van der Waals surface area contributed by atoms with E-state index in [0.29, 0.717) is 31.7 Å². The van der Waals surface area contributed by atoms with Crippen molar-refractivity contribution in [2.45, 2.75) is 42.4 Å². The number of nitrogens with one attached hydrogen (secondary N) is 2. The van der Waals surface area contributed by atoms with Gasteiger partial charge in [-0.15, -0.1) is 0 Å². The number of amides is 1. The molecule has 2 aliphatic rings. The highest BCUT2D eigenvalue weighted by Crippen LogP contribution is 2.27. The average Bonchev–Trinajstić information content (AvgIpc) is 2.61. The first kappa shape index (κ1) is 18.1. The fourth-order valence-electron chi connectivity index (χ4n) is 3.15. The average molecular weight is 370 g/mol. The number of methoxy groups -OCH3 is 1. The second-order valence-corrected chi connectivity index (χ2v) is 7.80. The summed E-state index contributed by atoms with van der Waals surface area (Å²) in [6.07, 6.45) is 1.50. The van der Waals surface area contributed by atoms with Crippen LogP contribution in [0.3, 0.4) is 0 Å². The summed E-state index contributed by atoms with van der Waals surface area (Å²) in [7, 11) is -2.38. The van der Waals surface area contributed by atoms with Gasteiger partial charge in [0.2, 0.25) is 10.0 Å². The Labute approximate surface area is 146 Å². The number of hydrogen-bond acceptors (Lipinski definition) is 6. The molecule has 3 unspecified atom stereocenters. The molecule has 1 saturated carbocycles. The molecule has 1 aromatic rings. The van der Waals surface area contributed by atoms with Gasteiger partial charge in [0.15, 0.2) is 0 Å². The Balaban J connectivity index is 1.62. The Morgan fingerprint density at radius 2 is 1.80 bits per heavy atom. The zero-order valence-electron chi connectivity index (χ0n) is 13.9. The van der Waals surface area contributed by atoms with E-state index >= 15 is 0 Å². The van der Waals surface area contributed by atoms with Crippen molar-refractivity contribution in [2.75, 3.05) is 25.6 Å². The largest absolute Gasteiger partial charge is 0.453 e. The molecule has 2 fully saturated rings. The normalized spacial score (nSPS) is 26.5. The monoisotopic (exact) mass is 370 g/mol. The Morgan fingerprint density at radius 3 is 2.48 bits per heavy atom. The maximum absolute atomic E-state index is 12.6. The van der Waals surface area contributed by atoms with E-state index in [0.717, 1.165) is 6.42 Å². The zero-order chi connectivity index (χ0) is 17.9. The predicted molar refractivity (Wildman–Crippen MR) is 89.9 cm³/mol. The first-order valence-electron chi connectivity index (χ1n) is 8.18. The first-order chi connectivity index (χ1) is 12.0. The standard InChI is InChI=1S/C16H22N2O6S/c1-22-16(19)17-11-2-5-13(6-3-11)25(20,21)18-12-4-7-14-15(10-12)24-9-8-23-14/h2-3,5-6,12,14-15,18H,4,7-10H2,1H3,(H,17,19). The van der Waals surface area contributed by atoms with Crippen molar-refractivity contribution in [3.05, 3.63) is 24.3 Å². The molecule has 1 aromatic carbocycles. The second-order valence-electron chi connectivity index (χ2n) is 6.09. The Morgan fingerprint density at radius 1 is 1.12 bits per heavy atom. The topological polar surface area (TPSA) is 103 Å². The van der Waals surface area contributed by atoms with Crippen LogP contribution in [0, 0.1) is 0 Å². The molecule has 1 saturated heterocycles. The van der Waals surface area contributed by atoms with E-state index in [1.165, 1.54) is 31.4 Å². The van der Waals surface area contributed by atoms with E-state index in [9.17, 15) is 13.2 Å². The fraction of sp³-hybridized carbons (Fsp3) is 0.562. The van der Waals surface area contributed by atoms with E-state index in [1.54, 1.807) is 0 Å². The summed E-state index contributed by atoms with van der Waals surface area (Å²) >= 11 is 0. The third-order valence-electron chi connectivity index (χ3n) is 4.40. The molecule has 9 heteroatoms. The van der Waals surface area contributed by atoms with Gasteiger partial charge < -0.3 is 14.2 Å². The highest BCUT2D eigenvalue weighted by Gasteiger charge is 2.35. The molecule has 2 N–H and O–H groups in total. The van der Waals surface area contributed by atoms with Gasteiger partial charge in [0.1, 0.15) is 0 Å². The van der Waals surface area contributed by atoms with Crippen molar-refractivity contribution in [3.63, 3.8) is 0 Å². The van der Waals surface area contributed by atoms with Gasteiger partial charge in [0.25, 0.3) is 0 Å². The van der Waals surface area contributed by atoms with E-state index in [4.69, 9.17) is 9.47 Å². The van der Waals surface area contributed by atoms with Crippen LogP contribution in [-0.4, -0.2) is 53.1 Å². The van der Waals surface area contributed by atoms with Gasteiger partial charge in [-0.25, -0.2) is 17.9 Å². The minimum atomic E-state index is -3.64. The summed E-state index contributed by atoms with van der Waals surface area (Å²) < 4.78 is 43.7. The van der Waals surface area contributed by atoms with Crippen LogP contribution in [0.5, 0.6) is 0 Å². The summed E-state index contributed by atoms with van der Waals surface area (Å²) in [5.41, 5.74) is 0.457. The third kappa shape index (κ3) is 4.49. The smallest absolute Gasteiger partial charge is 0.411 e. The molecule has 0 aromatic heterocycles. The highest BCUT2D eigenvalue weighted by molar-refractivity contribution is 7.89. The summed E-state index contributed by atoms with van der Waals surface area (Å²) in [4.78, 5) is 11.3. The predicted octanol–water partition coefficient (Wildman–Crippen LogP) is 1.48. The Kier molecular flexibility index (Phi) is 5.57. The number of hydrogen-bond donors (Lipinski definition) is 2. The van der Waals surface area contributed by atoms with Gasteiger partial charge in [-0.3, -0.25) is 5.32 Å². The maximum Gasteiger partial charge on any atom is 0.411 e. The summed E-state index contributed by atoms with van der Waals surface area (Å²) in [6.45, 7) is 1.15. The lowest BCUT2D eigenvalue weighted by atomic mass is 9.90. The van der Waals surface area contributed by atoms with Crippen LogP contribution in [0.4, 0.5) is 10.5 Å². The second kappa shape index (κ2) is 7.69. The van der Waals surface area contributed by atoms with Crippen LogP contribution in [0.2, 0.25) is 0 Å². The SMILES string of the molecule is COC(=O)Nc1ccc(S(=O)(=O)NC2CCC3OCCOC3C2)cc1. The summed E-state index contributed by atoms with van der Waals surface area (Å²) in [6, 6.07) is 5.74. The van der Waals surface area contributed by atoms with Crippen LogP contribution in [0.1, 0.15) is 19.3 Å². The van der Waals surface area contributed by atoms with Crippen molar-refractivity contribution in [1.29, 1.82) is 0 Å². The molecule has 138 valence electrons. The fourth-order valence-corrected chi connectivity index (χ4v) is 4.43. The molecule has 0 spiro atoms. The van der Waals surface area contributed by atoms with E-state index in [1.807, 2.05) is 0 Å². The minimum absolute atomic E-state index is 0.0539. The quantitative estimate of drug-likeness (QED) is 0.832. The molecular formula is C16H22N2O6S. The minimum Gasteiger partial charge on any atom is -0.453 e. The number of sulfonamides is 1. The van der Waals surface area contributed by atoms with Crippen molar-refractivity contribution >= 4 is 21.8 Å². The lowest BCUT2D eigenvalue weighted by Gasteiger charge is -2.38. The van der Waals surface area contributed by atoms with Gasteiger partial charge in [-0.2, -0.15) is 0 Å². The highest BCUT2D eigenvalue weighted by atomic mass is 32.2. The number of carbonyl (C=O) groups excluding carboxylic acids is 1. The lowest BCUT2D eigenvalue weighted by Crippen LogP contribution is -2.49. The number of ether oxygens (including phenoxy) is 3. The number of anilines is 1. The van der Waals surface area contributed by atoms with Crippen molar-refractivity contribution in [2.24, 2.45) is 0 Å². The maximum atomic E-state index is 12.6. The number of carbonyl (C=O) groups is 1. The van der Waals surface area contributed by atoms with Gasteiger partial charge in [-0.05, 0) is 43.5 Å². The molecule has 0 radical (unpaired) electrons. The molecule has 1 aliphatic heterocycles. The van der Waals surface area contributed by atoms with Crippen molar-refractivity contribution in [1.82, 2.24) is 4.72 Å². The third-order valence-corrected chi connectivity index (χ3v) is 5.93. The number of rotatable bonds is 4. The van der Waals surface area contributed by atoms with Crippen molar-refractivity contribution < 1.29 is 27.4 Å². The van der Waals surface area contributed by atoms with Crippen LogP contribution >= 0.6 is 0 Å². The van der Waals surface area contributed by atoms with Crippen LogP contribution in [-0.2, 0) is 24.2 Å². The molecule has 0 bridgehead atoms. The molecule has 1 heterocycles. The molecule has 8 nitrogen and oxygen atoms in total. The molecule has 3 atom stereocenters. The van der Waals surface area contributed by atoms with E-state index < -0.39 is 16.1 Å². The van der Waals surface area contributed by atoms with Crippen LogP contribution < -0.4 is 10.0 Å². The van der Waals surface area contributed by atoms with E-state index in [2.05, 4.69) is 14.8 Å². The van der Waals surface area contributed by atoms with Crippen LogP contribution in [0.25, 0.3) is 0 Å². The van der Waals surface area contributed by atoms with Gasteiger partial charge in [0.05, 0.1) is 37.4 Å². The molecular weight excluding hydrogens is 348 g/mol. The van der Waals surface area contributed by atoms with Gasteiger partial charge in [-0.1, -0.05) is 0 Å². The van der Waals surface area contributed by atoms with E-state index in [-0.39, 0.29) is 23.1 Å². The molecule has 1 aliphatic carbocycles. The number of fused-ring (bicyclic) bond motifs is 1. The zero-order valence-corrected chi connectivity index (χ0v) is 14.8. The van der Waals surface area contributed by atoms with Gasteiger partial charge >= 0.3 is 6.09 Å². The van der Waals surface area contributed by atoms with Gasteiger partial charge in [0, 0.05) is 11.7 Å². The Hall–Kier alpha value is -1.68.